The molecule has 0 aromatic heterocycles. The third-order valence-corrected chi connectivity index (χ3v) is 3.43. The smallest absolute Gasteiger partial charge is 0.310 e. The van der Waals surface area contributed by atoms with E-state index in [2.05, 4.69) is 15.9 Å². The summed E-state index contributed by atoms with van der Waals surface area (Å²) in [5, 5.41) is 8.73. The van der Waals surface area contributed by atoms with E-state index in [1.54, 1.807) is 18.2 Å². The van der Waals surface area contributed by atoms with Gasteiger partial charge in [-0.25, -0.2) is 0 Å². The van der Waals surface area contributed by atoms with Gasteiger partial charge < -0.3 is 15.7 Å². The summed E-state index contributed by atoms with van der Waals surface area (Å²) in [6, 6.07) is 4.98. The molecule has 1 saturated heterocycles. The summed E-state index contributed by atoms with van der Waals surface area (Å²) in [5.41, 5.74) is 6.59. The van der Waals surface area contributed by atoms with E-state index in [0.717, 1.165) is 0 Å². The fourth-order valence-electron chi connectivity index (χ4n) is 1.68. The van der Waals surface area contributed by atoms with Crippen molar-refractivity contribution in [1.29, 1.82) is 0 Å². The van der Waals surface area contributed by atoms with Gasteiger partial charge in [0.2, 0.25) is 0 Å². The zero-order valence-electron chi connectivity index (χ0n) is 8.89. The van der Waals surface area contributed by atoms with E-state index in [0.29, 0.717) is 15.7 Å². The number of amides is 1. The molecule has 1 aromatic carbocycles. The minimum absolute atomic E-state index is 0.193. The predicted octanol–water partition coefficient (Wildman–Crippen LogP) is 1.19. The van der Waals surface area contributed by atoms with Crippen LogP contribution in [0.5, 0.6) is 0 Å². The van der Waals surface area contributed by atoms with Crippen molar-refractivity contribution in [2.24, 2.45) is 5.92 Å². The highest BCUT2D eigenvalue weighted by Crippen LogP contribution is 2.25. The minimum atomic E-state index is -0.860. The number of likely N-dealkylation sites (tertiary alicyclic amines) is 1. The molecule has 1 fully saturated rings. The van der Waals surface area contributed by atoms with E-state index >= 15 is 0 Å². The number of benzene rings is 1. The Labute approximate surface area is 106 Å². The molecule has 1 amide bonds. The molecule has 0 bridgehead atoms. The molecule has 2 rings (SSSR count). The van der Waals surface area contributed by atoms with Crippen LogP contribution >= 0.6 is 15.9 Å². The van der Waals surface area contributed by atoms with Crippen LogP contribution in [-0.2, 0) is 4.79 Å². The van der Waals surface area contributed by atoms with Crippen LogP contribution in [0.2, 0.25) is 0 Å². The number of hydrogen-bond donors (Lipinski definition) is 2. The summed E-state index contributed by atoms with van der Waals surface area (Å²) in [6.07, 6.45) is 0. The fourth-order valence-corrected chi connectivity index (χ4v) is 2.09. The van der Waals surface area contributed by atoms with Gasteiger partial charge >= 0.3 is 5.97 Å². The molecular formula is C11H11BrN2O3. The number of halogens is 1. The second kappa shape index (κ2) is 4.37. The van der Waals surface area contributed by atoms with Crippen molar-refractivity contribution in [2.75, 3.05) is 18.8 Å². The van der Waals surface area contributed by atoms with Gasteiger partial charge in [-0.1, -0.05) is 0 Å². The summed E-state index contributed by atoms with van der Waals surface area (Å²) in [5.74, 6) is -1.50. The van der Waals surface area contributed by atoms with Gasteiger partial charge in [0.1, 0.15) is 0 Å². The number of rotatable bonds is 2. The Balaban J connectivity index is 2.11. The molecule has 0 atom stereocenters. The monoisotopic (exact) mass is 298 g/mol. The third kappa shape index (κ3) is 2.26. The van der Waals surface area contributed by atoms with Gasteiger partial charge in [-0.2, -0.15) is 0 Å². The Morgan fingerprint density at radius 3 is 2.65 bits per heavy atom. The molecule has 0 spiro atoms. The molecule has 0 radical (unpaired) electrons. The first-order valence-corrected chi connectivity index (χ1v) is 5.85. The molecule has 3 N–H and O–H groups in total. The Morgan fingerprint density at radius 2 is 2.06 bits per heavy atom. The van der Waals surface area contributed by atoms with Crippen molar-refractivity contribution >= 4 is 33.5 Å². The Morgan fingerprint density at radius 1 is 1.41 bits per heavy atom. The number of carbonyl (C=O) groups excluding carboxylic acids is 1. The van der Waals surface area contributed by atoms with Crippen LogP contribution in [0.4, 0.5) is 5.69 Å². The highest BCUT2D eigenvalue weighted by molar-refractivity contribution is 9.10. The lowest BCUT2D eigenvalue weighted by Gasteiger charge is -2.36. The Kier molecular flexibility index (Phi) is 3.06. The molecule has 1 aliphatic rings. The van der Waals surface area contributed by atoms with Crippen LogP contribution < -0.4 is 5.73 Å². The number of aliphatic carboxylic acids is 1. The average Bonchev–Trinajstić information content (AvgIpc) is 2.18. The molecule has 5 nitrogen and oxygen atoms in total. The van der Waals surface area contributed by atoms with Crippen LogP contribution in [-0.4, -0.2) is 35.0 Å². The summed E-state index contributed by atoms with van der Waals surface area (Å²) in [7, 11) is 0. The third-order valence-electron chi connectivity index (χ3n) is 2.74. The SMILES string of the molecule is Nc1ccc(Br)c(C(=O)N2CC(C(=O)O)C2)c1. The zero-order chi connectivity index (χ0) is 12.6. The Bertz CT molecular complexity index is 484. The molecule has 1 aromatic rings. The number of nitrogens with zero attached hydrogens (tertiary/aromatic N) is 1. The maximum atomic E-state index is 12.0. The summed E-state index contributed by atoms with van der Waals surface area (Å²) >= 11 is 3.28. The van der Waals surface area contributed by atoms with Gasteiger partial charge in [0.05, 0.1) is 11.5 Å². The minimum Gasteiger partial charge on any atom is -0.481 e. The lowest BCUT2D eigenvalue weighted by Crippen LogP contribution is -2.53. The van der Waals surface area contributed by atoms with Gasteiger partial charge in [0, 0.05) is 23.2 Å². The van der Waals surface area contributed by atoms with Gasteiger partial charge in [-0.05, 0) is 34.1 Å². The van der Waals surface area contributed by atoms with Crippen molar-refractivity contribution < 1.29 is 14.7 Å². The molecule has 1 heterocycles. The van der Waals surface area contributed by atoms with E-state index in [4.69, 9.17) is 10.8 Å². The fraction of sp³-hybridized carbons (Fsp3) is 0.273. The van der Waals surface area contributed by atoms with Crippen LogP contribution in [0.15, 0.2) is 22.7 Å². The van der Waals surface area contributed by atoms with Crippen LogP contribution in [0.1, 0.15) is 10.4 Å². The van der Waals surface area contributed by atoms with Crippen LogP contribution in [0.3, 0.4) is 0 Å². The van der Waals surface area contributed by atoms with Crippen molar-refractivity contribution in [1.82, 2.24) is 4.90 Å². The van der Waals surface area contributed by atoms with E-state index in [-0.39, 0.29) is 19.0 Å². The molecule has 17 heavy (non-hydrogen) atoms. The second-order valence-corrected chi connectivity index (χ2v) is 4.84. The lowest BCUT2D eigenvalue weighted by molar-refractivity contribution is -0.146. The molecule has 0 unspecified atom stereocenters. The lowest BCUT2D eigenvalue weighted by atomic mass is 9.99. The number of carboxylic acids is 1. The van der Waals surface area contributed by atoms with E-state index in [1.165, 1.54) is 4.90 Å². The van der Waals surface area contributed by atoms with E-state index in [9.17, 15) is 9.59 Å². The quantitative estimate of drug-likeness (QED) is 0.803. The molecule has 0 aliphatic carbocycles. The van der Waals surface area contributed by atoms with E-state index in [1.807, 2.05) is 0 Å². The molecule has 0 saturated carbocycles. The number of hydrogen-bond acceptors (Lipinski definition) is 3. The van der Waals surface area contributed by atoms with Crippen molar-refractivity contribution in [3.05, 3.63) is 28.2 Å². The normalized spacial score (nSPS) is 15.5. The number of carbonyl (C=O) groups is 2. The number of carboxylic acid groups (broad SMARTS) is 1. The zero-order valence-corrected chi connectivity index (χ0v) is 10.5. The second-order valence-electron chi connectivity index (χ2n) is 3.98. The van der Waals surface area contributed by atoms with Crippen LogP contribution in [0.25, 0.3) is 0 Å². The first kappa shape index (κ1) is 11.9. The van der Waals surface area contributed by atoms with Gasteiger partial charge in [0.25, 0.3) is 5.91 Å². The predicted molar refractivity (Wildman–Crippen MR) is 65.6 cm³/mol. The van der Waals surface area contributed by atoms with Gasteiger partial charge in [-0.15, -0.1) is 0 Å². The summed E-state index contributed by atoms with van der Waals surface area (Å²) in [6.45, 7) is 0.519. The largest absolute Gasteiger partial charge is 0.481 e. The number of anilines is 1. The highest BCUT2D eigenvalue weighted by atomic mass is 79.9. The number of nitrogens with two attached hydrogens (primary N) is 1. The van der Waals surface area contributed by atoms with Crippen LogP contribution in [0, 0.1) is 5.92 Å². The summed E-state index contributed by atoms with van der Waals surface area (Å²) in [4.78, 5) is 24.2. The molecule has 1 aliphatic heterocycles. The van der Waals surface area contributed by atoms with Gasteiger partial charge in [0.15, 0.2) is 0 Å². The maximum Gasteiger partial charge on any atom is 0.310 e. The van der Waals surface area contributed by atoms with Gasteiger partial charge in [-0.3, -0.25) is 9.59 Å². The summed E-state index contributed by atoms with van der Waals surface area (Å²) < 4.78 is 0.662. The molecule has 90 valence electrons. The average molecular weight is 299 g/mol. The highest BCUT2D eigenvalue weighted by Gasteiger charge is 2.36. The maximum absolute atomic E-state index is 12.0. The van der Waals surface area contributed by atoms with Crippen molar-refractivity contribution in [2.45, 2.75) is 0 Å². The van der Waals surface area contributed by atoms with E-state index < -0.39 is 11.9 Å². The Hall–Kier alpha value is -1.56. The first-order valence-electron chi connectivity index (χ1n) is 5.06. The van der Waals surface area contributed by atoms with Crippen molar-refractivity contribution in [3.8, 4) is 0 Å². The number of nitrogen functional groups attached to an aromatic ring is 1. The standard InChI is InChI=1S/C11H11BrN2O3/c12-9-2-1-7(13)3-8(9)10(15)14-4-6(5-14)11(16)17/h1-3,6H,4-5,13H2,(H,16,17). The molecular weight excluding hydrogens is 288 g/mol. The molecule has 6 heteroatoms. The topological polar surface area (TPSA) is 83.6 Å². The first-order chi connectivity index (χ1) is 7.99. The van der Waals surface area contributed by atoms with Crippen molar-refractivity contribution in [3.63, 3.8) is 0 Å².